The van der Waals surface area contributed by atoms with Gasteiger partial charge in [-0.2, -0.15) is 15.8 Å². The maximum atomic E-state index is 11.9. The number of rotatable bonds is 19. The molecule has 16 aliphatic rings. The molecule has 6 N–H and O–H groups in total. The number of hydrogen-bond donors (Lipinski definition) is 6. The zero-order valence-electron chi connectivity index (χ0n) is 78.6. The summed E-state index contributed by atoms with van der Waals surface area (Å²) in [5.74, 6) is 4.18. The fourth-order valence-corrected chi connectivity index (χ4v) is 23.1. The van der Waals surface area contributed by atoms with E-state index in [0.717, 1.165) is 122 Å². The van der Waals surface area contributed by atoms with Crippen LogP contribution in [0.4, 0.5) is 0 Å². The number of allylic oxidation sites excluding steroid dienone is 3. The molecule has 0 spiro atoms. The van der Waals surface area contributed by atoms with Crippen LogP contribution in [-0.2, 0) is 109 Å². The first kappa shape index (κ1) is 117. The minimum absolute atomic E-state index is 0. The third kappa shape index (κ3) is 30.4. The van der Waals surface area contributed by atoms with Crippen molar-refractivity contribution in [3.63, 3.8) is 0 Å². The largest absolute Gasteiger partial charge is 1.00 e. The summed E-state index contributed by atoms with van der Waals surface area (Å²) >= 11 is 0. The number of carbonyl (C=O) groups is 11. The van der Waals surface area contributed by atoms with Crippen LogP contribution in [0, 0.1) is 159 Å². The molecule has 5 aliphatic heterocycles. The summed E-state index contributed by atoms with van der Waals surface area (Å²) in [7, 11) is 0.319. The second kappa shape index (κ2) is 59.5. The zero-order chi connectivity index (χ0) is 90.3. The van der Waals surface area contributed by atoms with Gasteiger partial charge >= 0.3 is 157 Å². The summed E-state index contributed by atoms with van der Waals surface area (Å²) in [5, 5.41) is 68.7. The number of aliphatic hydroxyl groups is 4. The molecule has 5 saturated heterocycles. The molecule has 0 aromatic carbocycles. The van der Waals surface area contributed by atoms with Crippen molar-refractivity contribution in [3.8, 4) is 30.7 Å². The molecule has 0 bridgehead atoms. The van der Waals surface area contributed by atoms with Gasteiger partial charge in [0, 0.05) is 72.8 Å². The molecule has 0 aromatic rings. The molecule has 32 nitrogen and oxygen atoms in total. The number of hydrogen-bond acceptors (Lipinski definition) is 32. The summed E-state index contributed by atoms with van der Waals surface area (Å²) in [6.45, 7) is 18.2. The van der Waals surface area contributed by atoms with Crippen molar-refractivity contribution in [1.82, 2.24) is 10.6 Å². The topological polar surface area (TPSA) is 483 Å². The molecular formula is C88H130B6ClN5Na2O27. The molecule has 16 rings (SSSR count). The van der Waals surface area contributed by atoms with E-state index in [4.69, 9.17) is 77.5 Å². The van der Waals surface area contributed by atoms with Crippen LogP contribution in [0.5, 0.6) is 0 Å². The molecule has 11 aliphatic carbocycles. The van der Waals surface area contributed by atoms with Crippen LogP contribution in [0.3, 0.4) is 0 Å². The van der Waals surface area contributed by atoms with Crippen molar-refractivity contribution in [2.24, 2.45) is 112 Å². The Balaban J connectivity index is 0.000000738. The predicted molar refractivity (Wildman–Crippen MR) is 467 cm³/mol. The monoisotopic (exact) mass is 1840 g/mol. The molecule has 5 heterocycles. The maximum Gasteiger partial charge on any atom is 1.00 e. The van der Waals surface area contributed by atoms with Gasteiger partial charge in [0.25, 0.3) is 18.8 Å². The van der Waals surface area contributed by atoms with Crippen LogP contribution in [0.1, 0.15) is 187 Å². The Morgan fingerprint density at radius 3 is 1.20 bits per heavy atom. The normalized spacial score (nSPS) is 33.0. The van der Waals surface area contributed by atoms with Crippen molar-refractivity contribution in [3.05, 3.63) is 24.3 Å². The number of Topliss-reactive ketones (excluding diaryl/α,β-unsaturated/α-hetero) is 3. The van der Waals surface area contributed by atoms with Crippen molar-refractivity contribution in [2.45, 2.75) is 251 Å². The SMILES string of the molecule is CCOC(=O)[C@H]1B(OC#N)C[C@@H]2C(=O)CC[C@@H]21.CCOC(=O)[C@H]1B(OC#N)C[C@@H]2C(O)CC[C@H]12.CCOC(=O)[C@H]1B(OC#N)C[C@@H]2C=CC[C@H]12.CCOC(=O)[C@H]1CC[C@@H]2C(=O)CC[C@@H]21.CCOC(=O)[C@H]1CC[C@@H]2C(=O)CC[C@@H]21.CCOC(=O)[C@H]1CC[C@@H]2C(O)CC[C@H]12.CCOC(=O)[C@H]1NC[C@@H]2C(O)CC[C@H]12.CCOC(=O)[C@H]1NC[C@@H]2C=CC[C@H]12.Cl.O=BC#CO.[B].[B].[H-].[H-].[Na+].[Na+]. The third-order valence-electron chi connectivity index (χ3n) is 28.4. The Labute approximate surface area is 818 Å². The van der Waals surface area contributed by atoms with Crippen molar-refractivity contribution in [1.29, 1.82) is 15.8 Å². The molecule has 14 fully saturated rings. The van der Waals surface area contributed by atoms with Crippen LogP contribution in [-0.4, -0.2) is 227 Å². The number of fused-ring (bicyclic) bond motifs is 8. The fraction of sp³-hybridized carbons (Fsp3) is 0.773. The quantitative estimate of drug-likeness (QED) is 0.0268. The number of aliphatic hydroxyl groups excluding tert-OH is 4. The number of esters is 8. The van der Waals surface area contributed by atoms with Crippen molar-refractivity contribution >= 4 is 122 Å². The van der Waals surface area contributed by atoms with Gasteiger partial charge in [-0.1, -0.05) is 24.3 Å². The Kier molecular flexibility index (Phi) is 53.9. The van der Waals surface area contributed by atoms with E-state index in [1.165, 1.54) is 6.11 Å². The van der Waals surface area contributed by atoms with Gasteiger partial charge in [0.15, 0.2) is 0 Å². The Morgan fingerprint density at radius 2 is 0.744 bits per heavy atom. The third-order valence-corrected chi connectivity index (χ3v) is 28.4. The minimum Gasteiger partial charge on any atom is -1.00 e. The Morgan fingerprint density at radius 1 is 0.395 bits per heavy atom. The van der Waals surface area contributed by atoms with Crippen LogP contribution in [0.2, 0.25) is 36.4 Å². The first-order valence-corrected chi connectivity index (χ1v) is 45.3. The summed E-state index contributed by atoms with van der Waals surface area (Å²) < 4.78 is 64.1. The van der Waals surface area contributed by atoms with Crippen LogP contribution < -0.4 is 69.7 Å². The maximum absolute atomic E-state index is 11.9. The molecule has 696 valence electrons. The van der Waals surface area contributed by atoms with Gasteiger partial charge in [-0.3, -0.25) is 52.7 Å². The number of nitrogens with one attached hydrogen (secondary N) is 2. The van der Waals surface area contributed by atoms with Crippen molar-refractivity contribution in [2.75, 3.05) is 65.9 Å². The summed E-state index contributed by atoms with van der Waals surface area (Å²) in [6.07, 6.45) is 32.8. The van der Waals surface area contributed by atoms with Crippen LogP contribution >= 0.6 is 12.4 Å². The number of ketones is 3. The number of carbonyl (C=O) groups excluding carboxylic acids is 11. The van der Waals surface area contributed by atoms with E-state index >= 15 is 0 Å². The van der Waals surface area contributed by atoms with Gasteiger partial charge in [0.1, 0.15) is 29.4 Å². The van der Waals surface area contributed by atoms with Gasteiger partial charge in [0.05, 0.1) is 106 Å². The first-order valence-electron chi connectivity index (χ1n) is 45.3. The Hall–Kier alpha value is -6.24. The van der Waals surface area contributed by atoms with Crippen LogP contribution in [0.15, 0.2) is 24.3 Å². The average molecular weight is 1840 g/mol. The average Bonchev–Trinajstić information content (AvgIpc) is 1.61. The number of ether oxygens (including phenoxy) is 8. The summed E-state index contributed by atoms with van der Waals surface area (Å²) in [6, 6.07) is -0.253. The Bertz CT molecular complexity index is 3830. The van der Waals surface area contributed by atoms with Gasteiger partial charge in [-0.25, -0.2) is 0 Å². The number of halogens is 1. The van der Waals surface area contributed by atoms with Gasteiger partial charge in [0.2, 0.25) is 0 Å². The standard InChI is InChI=1S/C11H16BNO4.C11H14BNO4.C11H14BNO3.C11H18O3.2C11H16O3.C10H17NO3.C10H15NO2.C2HBO2.2B.ClH.2Na.2H/c2*1-2-16-11(15)10-7-3-4-9(14)8(7)5-12(10)17-6-13;1-2-15-11(14)10-9-5-3-4-8(9)6-12(10)16-7-13;3*1-2-14-11(13)9-4-3-8-7(9)5-6-10(8)12;1-2-14-10(13)9-6-3-4-8(12)7(6)5-11-9;1-2-13-10(12)9-8-5-3-4-7(8)6-11-9;4-2-1-3-5;;;;;;;/h7-10,14H,2-5H2,1H3;7-8,10H,2-5H2,1H3;3-4,8-10H,2,5-6H2,1H3;7-10,12H,2-6H2,1H3;2*7-9H,2-6H2,1H3;6-9,11-12H,2-5H2,1H3;3-4,7-9,11H,2,5-6H2,1H3;4H;;;1H;;;;/q;;;;;;;;;;;;2*+1;2*-1/t7-,8-,9?,10-;7-,8-,10-;8-,9-,10-;7-,8-,9-,10?;2*7-,8-,9-;6-,7-,8?,9-;7-,8-,9-;;;;;;;;/m00000000......../s1. The first-order chi connectivity index (χ1) is 59.8. The molecule has 9 saturated carbocycles. The van der Waals surface area contributed by atoms with Gasteiger partial charge in [-0.15, -0.1) is 12.4 Å². The minimum atomic E-state index is -0.488. The molecule has 41 heteroatoms. The summed E-state index contributed by atoms with van der Waals surface area (Å²) in [4.78, 5) is 128. The molecule has 6 radical (unpaired) electrons. The van der Waals surface area contributed by atoms with Gasteiger partial charge < -0.3 is 80.7 Å². The molecule has 0 aromatic heterocycles. The second-order valence-corrected chi connectivity index (χ2v) is 34.5. The number of nitrogens with zero attached hydrogens (tertiary/aromatic N) is 3. The smallest absolute Gasteiger partial charge is 1.00 e. The van der Waals surface area contributed by atoms with E-state index in [2.05, 4.69) is 34.9 Å². The second-order valence-electron chi connectivity index (χ2n) is 34.5. The van der Waals surface area contributed by atoms with Gasteiger partial charge in [-0.05, 0) is 255 Å². The van der Waals surface area contributed by atoms with E-state index in [9.17, 15) is 68.1 Å². The molecular weight excluding hydrogens is 1710 g/mol. The van der Waals surface area contributed by atoms with E-state index < -0.39 is 25.5 Å². The van der Waals surface area contributed by atoms with E-state index in [-0.39, 0.29) is 259 Å². The zero-order valence-corrected chi connectivity index (χ0v) is 81.4. The van der Waals surface area contributed by atoms with Crippen LogP contribution in [0.25, 0.3) is 0 Å². The summed E-state index contributed by atoms with van der Waals surface area (Å²) in [5.41, 5.74) is 0. The van der Waals surface area contributed by atoms with E-state index in [1.807, 2.05) is 34.6 Å². The number of nitriles is 3. The molecule has 3 unspecified atom stereocenters. The molecule has 129 heavy (non-hydrogen) atoms. The predicted octanol–water partition coefficient (Wildman–Crippen LogP) is 1.74. The van der Waals surface area contributed by atoms with E-state index in [1.54, 1.807) is 45.4 Å². The molecule has 27 atom stereocenters. The van der Waals surface area contributed by atoms with Crippen molar-refractivity contribution < 1.29 is 192 Å². The fourth-order valence-electron chi connectivity index (χ4n) is 23.1. The molecule has 0 amide bonds. The van der Waals surface area contributed by atoms with E-state index in [0.29, 0.717) is 151 Å².